The number of nitrogens with one attached hydrogen (secondary N) is 1. The number of imide groups is 1. The standard InChI is InChI=1S/C13H18N2O3/c1-8-4-6-11(18-8)9(2)14-10-5-7-12(16)15(3)13(10)17/h4,6,9-10,14H,5,7H2,1-3H3. The normalized spacial score (nSPS) is 22.4. The Bertz CT molecular complexity index is 467. The smallest absolute Gasteiger partial charge is 0.246 e. The first-order valence-electron chi connectivity index (χ1n) is 6.12. The highest BCUT2D eigenvalue weighted by atomic mass is 16.3. The maximum Gasteiger partial charge on any atom is 0.246 e. The van der Waals surface area contributed by atoms with Crippen LogP contribution in [0, 0.1) is 6.92 Å². The first-order valence-corrected chi connectivity index (χ1v) is 6.12. The van der Waals surface area contributed by atoms with Crippen molar-refractivity contribution in [3.05, 3.63) is 23.7 Å². The van der Waals surface area contributed by atoms with E-state index in [-0.39, 0.29) is 23.9 Å². The number of piperidine rings is 1. The van der Waals surface area contributed by atoms with E-state index >= 15 is 0 Å². The van der Waals surface area contributed by atoms with Gasteiger partial charge in [0.2, 0.25) is 11.8 Å². The van der Waals surface area contributed by atoms with Gasteiger partial charge >= 0.3 is 0 Å². The molecule has 0 saturated carbocycles. The molecule has 0 spiro atoms. The minimum absolute atomic E-state index is 0.0470. The topological polar surface area (TPSA) is 62.6 Å². The van der Waals surface area contributed by atoms with E-state index in [0.717, 1.165) is 11.5 Å². The number of carbonyl (C=O) groups excluding carboxylic acids is 2. The Morgan fingerprint density at radius 2 is 2.17 bits per heavy atom. The van der Waals surface area contributed by atoms with E-state index in [1.165, 1.54) is 11.9 Å². The summed E-state index contributed by atoms with van der Waals surface area (Å²) in [5, 5.41) is 3.21. The molecule has 2 amide bonds. The number of carbonyl (C=O) groups is 2. The van der Waals surface area contributed by atoms with Gasteiger partial charge in [0.1, 0.15) is 11.5 Å². The molecule has 18 heavy (non-hydrogen) atoms. The van der Waals surface area contributed by atoms with Crippen LogP contribution >= 0.6 is 0 Å². The fourth-order valence-electron chi connectivity index (χ4n) is 2.14. The third-order valence-electron chi connectivity index (χ3n) is 3.29. The van der Waals surface area contributed by atoms with Crippen LogP contribution < -0.4 is 5.32 Å². The summed E-state index contributed by atoms with van der Waals surface area (Å²) in [6.07, 6.45) is 0.954. The van der Waals surface area contributed by atoms with Gasteiger partial charge in [-0.15, -0.1) is 0 Å². The lowest BCUT2D eigenvalue weighted by atomic mass is 10.0. The van der Waals surface area contributed by atoms with Crippen molar-refractivity contribution in [1.82, 2.24) is 10.2 Å². The number of hydrogen-bond donors (Lipinski definition) is 1. The van der Waals surface area contributed by atoms with Crippen molar-refractivity contribution in [2.75, 3.05) is 7.05 Å². The molecule has 0 aliphatic carbocycles. The maximum atomic E-state index is 11.9. The summed E-state index contributed by atoms with van der Waals surface area (Å²) < 4.78 is 5.52. The first kappa shape index (κ1) is 12.8. The summed E-state index contributed by atoms with van der Waals surface area (Å²) in [4.78, 5) is 24.5. The largest absolute Gasteiger partial charge is 0.465 e. The Hall–Kier alpha value is -1.62. The van der Waals surface area contributed by atoms with Crippen molar-refractivity contribution < 1.29 is 14.0 Å². The molecule has 2 unspecified atom stereocenters. The molecule has 2 rings (SSSR count). The maximum absolute atomic E-state index is 11.9. The molecule has 5 heteroatoms. The molecule has 1 N–H and O–H groups in total. The van der Waals surface area contributed by atoms with Gasteiger partial charge in [-0.1, -0.05) is 0 Å². The molecule has 2 atom stereocenters. The average Bonchev–Trinajstić information content (AvgIpc) is 2.77. The number of likely N-dealkylation sites (tertiary alicyclic amines) is 1. The molecule has 1 saturated heterocycles. The van der Waals surface area contributed by atoms with E-state index in [1.54, 1.807) is 0 Å². The molecular formula is C13H18N2O3. The lowest BCUT2D eigenvalue weighted by Gasteiger charge is -2.29. The number of hydrogen-bond acceptors (Lipinski definition) is 4. The molecule has 1 aliphatic heterocycles. The number of aryl methyl sites for hydroxylation is 1. The quantitative estimate of drug-likeness (QED) is 0.823. The Morgan fingerprint density at radius 3 is 2.78 bits per heavy atom. The zero-order valence-corrected chi connectivity index (χ0v) is 10.9. The molecule has 1 aliphatic rings. The van der Waals surface area contributed by atoms with E-state index < -0.39 is 0 Å². The highest BCUT2D eigenvalue weighted by Crippen LogP contribution is 2.19. The molecule has 0 aromatic carbocycles. The van der Waals surface area contributed by atoms with Gasteiger partial charge in [-0.25, -0.2) is 0 Å². The van der Waals surface area contributed by atoms with Gasteiger partial charge in [0, 0.05) is 13.5 Å². The first-order chi connectivity index (χ1) is 8.49. The van der Waals surface area contributed by atoms with Crippen molar-refractivity contribution in [3.8, 4) is 0 Å². The van der Waals surface area contributed by atoms with Crippen LogP contribution in [0.5, 0.6) is 0 Å². The van der Waals surface area contributed by atoms with Crippen molar-refractivity contribution >= 4 is 11.8 Å². The van der Waals surface area contributed by atoms with Crippen LogP contribution in [0.3, 0.4) is 0 Å². The van der Waals surface area contributed by atoms with Gasteiger partial charge < -0.3 is 4.42 Å². The second-order valence-corrected chi connectivity index (χ2v) is 4.72. The van der Waals surface area contributed by atoms with Gasteiger partial charge in [-0.05, 0) is 32.4 Å². The van der Waals surface area contributed by atoms with Crippen molar-refractivity contribution in [3.63, 3.8) is 0 Å². The summed E-state index contributed by atoms with van der Waals surface area (Å²) in [6.45, 7) is 3.83. The third-order valence-corrected chi connectivity index (χ3v) is 3.29. The number of amides is 2. The van der Waals surface area contributed by atoms with E-state index in [2.05, 4.69) is 5.32 Å². The van der Waals surface area contributed by atoms with Gasteiger partial charge in [0.15, 0.2) is 0 Å². The molecular weight excluding hydrogens is 232 g/mol. The number of nitrogens with zero attached hydrogens (tertiary/aromatic N) is 1. The van der Waals surface area contributed by atoms with Gasteiger partial charge in [-0.3, -0.25) is 19.8 Å². The van der Waals surface area contributed by atoms with Gasteiger partial charge in [0.25, 0.3) is 0 Å². The van der Waals surface area contributed by atoms with Crippen molar-refractivity contribution in [2.45, 2.75) is 38.8 Å². The van der Waals surface area contributed by atoms with Crippen LogP contribution in [-0.4, -0.2) is 29.8 Å². The lowest BCUT2D eigenvalue weighted by Crippen LogP contribution is -2.51. The van der Waals surface area contributed by atoms with Crippen LogP contribution in [0.25, 0.3) is 0 Å². The number of rotatable bonds is 3. The van der Waals surface area contributed by atoms with Crippen molar-refractivity contribution in [2.24, 2.45) is 0 Å². The predicted molar refractivity (Wildman–Crippen MR) is 65.8 cm³/mol. The SMILES string of the molecule is Cc1ccc(C(C)NC2CCC(=O)N(C)C2=O)o1. The summed E-state index contributed by atoms with van der Waals surface area (Å²) in [6, 6.07) is 3.43. The second-order valence-electron chi connectivity index (χ2n) is 4.72. The molecule has 98 valence electrons. The monoisotopic (exact) mass is 250 g/mol. The fourth-order valence-corrected chi connectivity index (χ4v) is 2.14. The van der Waals surface area contributed by atoms with Crippen LogP contribution in [0.2, 0.25) is 0 Å². The molecule has 0 radical (unpaired) electrons. The van der Waals surface area contributed by atoms with Crippen molar-refractivity contribution in [1.29, 1.82) is 0 Å². The highest BCUT2D eigenvalue weighted by molar-refractivity contribution is 6.00. The Balaban J connectivity index is 2.01. The third kappa shape index (κ3) is 2.46. The minimum Gasteiger partial charge on any atom is -0.465 e. The summed E-state index contributed by atoms with van der Waals surface area (Å²) >= 11 is 0. The van der Waals surface area contributed by atoms with E-state index in [4.69, 9.17) is 4.42 Å². The highest BCUT2D eigenvalue weighted by Gasteiger charge is 2.32. The minimum atomic E-state index is -0.312. The lowest BCUT2D eigenvalue weighted by molar-refractivity contribution is -0.148. The Kier molecular flexibility index (Phi) is 3.52. The molecule has 1 aromatic heterocycles. The molecule has 1 fully saturated rings. The van der Waals surface area contributed by atoms with E-state index in [0.29, 0.717) is 12.8 Å². The molecule has 1 aromatic rings. The molecule has 5 nitrogen and oxygen atoms in total. The molecule has 0 bridgehead atoms. The molecule has 2 heterocycles. The Labute approximate surface area is 106 Å². The number of furan rings is 1. The van der Waals surface area contributed by atoms with E-state index in [1.807, 2.05) is 26.0 Å². The predicted octanol–water partition coefficient (Wildman–Crippen LogP) is 1.39. The van der Waals surface area contributed by atoms with Crippen LogP contribution in [0.4, 0.5) is 0 Å². The summed E-state index contributed by atoms with van der Waals surface area (Å²) in [7, 11) is 1.53. The zero-order valence-electron chi connectivity index (χ0n) is 10.9. The van der Waals surface area contributed by atoms with Gasteiger partial charge in [-0.2, -0.15) is 0 Å². The van der Waals surface area contributed by atoms with Crippen LogP contribution in [0.15, 0.2) is 16.5 Å². The number of likely N-dealkylation sites (N-methyl/N-ethyl adjacent to an activating group) is 1. The van der Waals surface area contributed by atoms with Crippen LogP contribution in [-0.2, 0) is 9.59 Å². The van der Waals surface area contributed by atoms with E-state index in [9.17, 15) is 9.59 Å². The van der Waals surface area contributed by atoms with Crippen LogP contribution in [0.1, 0.15) is 37.3 Å². The summed E-state index contributed by atoms with van der Waals surface area (Å²) in [5.41, 5.74) is 0. The fraction of sp³-hybridized carbons (Fsp3) is 0.538. The summed E-state index contributed by atoms with van der Waals surface area (Å²) in [5.74, 6) is 1.38. The zero-order chi connectivity index (χ0) is 13.3. The van der Waals surface area contributed by atoms with Gasteiger partial charge in [0.05, 0.1) is 12.1 Å². The second kappa shape index (κ2) is 4.94. The Morgan fingerprint density at radius 1 is 1.44 bits per heavy atom. The average molecular weight is 250 g/mol.